The molecule has 2 aromatic rings. The zero-order valence-corrected chi connectivity index (χ0v) is 13.5. The summed E-state index contributed by atoms with van der Waals surface area (Å²) in [4.78, 5) is 16.6. The van der Waals surface area contributed by atoms with E-state index in [4.69, 9.17) is 4.74 Å². The van der Waals surface area contributed by atoms with E-state index >= 15 is 0 Å². The summed E-state index contributed by atoms with van der Waals surface area (Å²) in [5.41, 5.74) is 1.59. The van der Waals surface area contributed by atoms with Crippen molar-refractivity contribution in [1.29, 1.82) is 0 Å². The molecule has 2 heterocycles. The second-order valence-corrected chi connectivity index (χ2v) is 5.82. The first-order chi connectivity index (χ1) is 11.6. The number of halogens is 1. The summed E-state index contributed by atoms with van der Waals surface area (Å²) in [6.07, 6.45) is 3.22. The molecule has 1 aromatic heterocycles. The first kappa shape index (κ1) is 16.2. The molecule has 5 nitrogen and oxygen atoms in total. The molecule has 0 aliphatic carbocycles. The quantitative estimate of drug-likeness (QED) is 0.906. The van der Waals surface area contributed by atoms with E-state index in [1.807, 2.05) is 25.1 Å². The number of rotatable bonds is 3. The molecule has 0 bridgehead atoms. The Kier molecular flexibility index (Phi) is 4.93. The summed E-state index contributed by atoms with van der Waals surface area (Å²) < 4.78 is 19.0. The van der Waals surface area contributed by atoms with Crippen molar-refractivity contribution in [3.8, 4) is 5.75 Å². The number of carbonyl (C=O) groups is 1. The highest BCUT2D eigenvalue weighted by atomic mass is 19.1. The SMILES string of the molecule is CC(NC(=O)NC1CCCOc2cc(F)ccc21)c1ccccn1. The lowest BCUT2D eigenvalue weighted by Crippen LogP contribution is -2.39. The molecular formula is C18H20FN3O2. The molecule has 0 radical (unpaired) electrons. The zero-order chi connectivity index (χ0) is 16.9. The van der Waals surface area contributed by atoms with Gasteiger partial charge in [-0.2, -0.15) is 0 Å². The maximum Gasteiger partial charge on any atom is 0.315 e. The molecule has 0 saturated heterocycles. The van der Waals surface area contributed by atoms with Gasteiger partial charge in [0.05, 0.1) is 24.4 Å². The molecule has 2 atom stereocenters. The molecule has 2 unspecified atom stereocenters. The van der Waals surface area contributed by atoms with E-state index in [0.29, 0.717) is 12.4 Å². The molecule has 1 aromatic carbocycles. The van der Waals surface area contributed by atoms with E-state index < -0.39 is 0 Å². The molecule has 1 aliphatic heterocycles. The average molecular weight is 329 g/mol. The number of amides is 2. The Morgan fingerprint density at radius 1 is 1.38 bits per heavy atom. The number of nitrogens with one attached hydrogen (secondary N) is 2. The first-order valence-corrected chi connectivity index (χ1v) is 8.03. The summed E-state index contributed by atoms with van der Waals surface area (Å²) in [7, 11) is 0. The number of benzene rings is 1. The van der Waals surface area contributed by atoms with E-state index in [1.54, 1.807) is 12.3 Å². The third-order valence-corrected chi connectivity index (χ3v) is 4.03. The van der Waals surface area contributed by atoms with Crippen molar-refractivity contribution < 1.29 is 13.9 Å². The fourth-order valence-electron chi connectivity index (χ4n) is 2.80. The standard InChI is InChI=1S/C18H20FN3O2/c1-12(15-5-2-3-9-20-15)21-18(23)22-16-6-4-10-24-17-11-13(19)7-8-14(16)17/h2-3,5,7-9,11-12,16H,4,6,10H2,1H3,(H2,21,22,23). The highest BCUT2D eigenvalue weighted by Gasteiger charge is 2.22. The molecule has 0 spiro atoms. The maximum atomic E-state index is 13.4. The van der Waals surface area contributed by atoms with E-state index in [2.05, 4.69) is 15.6 Å². The number of ether oxygens (including phenoxy) is 1. The number of hydrogen-bond donors (Lipinski definition) is 2. The smallest absolute Gasteiger partial charge is 0.315 e. The first-order valence-electron chi connectivity index (χ1n) is 8.03. The van der Waals surface area contributed by atoms with Gasteiger partial charge in [0, 0.05) is 17.8 Å². The summed E-state index contributed by atoms with van der Waals surface area (Å²) in [5.74, 6) is 0.151. The molecule has 126 valence electrons. The summed E-state index contributed by atoms with van der Waals surface area (Å²) >= 11 is 0. The Bertz CT molecular complexity index is 709. The van der Waals surface area contributed by atoms with Gasteiger partial charge >= 0.3 is 6.03 Å². The number of urea groups is 1. The number of pyridine rings is 1. The van der Waals surface area contributed by atoms with Crippen molar-refractivity contribution in [3.63, 3.8) is 0 Å². The topological polar surface area (TPSA) is 63.2 Å². The van der Waals surface area contributed by atoms with Crippen LogP contribution in [-0.2, 0) is 0 Å². The van der Waals surface area contributed by atoms with Gasteiger partial charge in [-0.3, -0.25) is 4.98 Å². The lowest BCUT2D eigenvalue weighted by molar-refractivity contribution is 0.233. The van der Waals surface area contributed by atoms with Gasteiger partial charge in [-0.05, 0) is 38.0 Å². The van der Waals surface area contributed by atoms with Crippen LogP contribution in [-0.4, -0.2) is 17.6 Å². The van der Waals surface area contributed by atoms with Crippen molar-refractivity contribution in [2.75, 3.05) is 6.61 Å². The highest BCUT2D eigenvalue weighted by molar-refractivity contribution is 5.75. The number of carbonyl (C=O) groups excluding carboxylic acids is 1. The maximum absolute atomic E-state index is 13.4. The van der Waals surface area contributed by atoms with Crippen molar-refractivity contribution in [3.05, 3.63) is 59.7 Å². The van der Waals surface area contributed by atoms with Crippen LogP contribution in [0.5, 0.6) is 5.75 Å². The largest absolute Gasteiger partial charge is 0.493 e. The average Bonchev–Trinajstić information content (AvgIpc) is 2.77. The van der Waals surface area contributed by atoms with Crippen LogP contribution in [0.1, 0.15) is 43.1 Å². The fraction of sp³-hybridized carbons (Fsp3) is 0.333. The molecule has 1 aliphatic rings. The number of aromatic nitrogens is 1. The monoisotopic (exact) mass is 329 g/mol. The van der Waals surface area contributed by atoms with Gasteiger partial charge in [-0.1, -0.05) is 12.1 Å². The third-order valence-electron chi connectivity index (χ3n) is 4.03. The zero-order valence-electron chi connectivity index (χ0n) is 13.5. The molecule has 0 fully saturated rings. The van der Waals surface area contributed by atoms with Gasteiger partial charge < -0.3 is 15.4 Å². The van der Waals surface area contributed by atoms with Crippen LogP contribution in [0, 0.1) is 5.82 Å². The number of hydrogen-bond acceptors (Lipinski definition) is 3. The summed E-state index contributed by atoms with van der Waals surface area (Å²) in [5, 5.41) is 5.83. The minimum atomic E-state index is -0.345. The molecule has 0 saturated carbocycles. The van der Waals surface area contributed by atoms with Gasteiger partial charge in [-0.25, -0.2) is 9.18 Å². The van der Waals surface area contributed by atoms with Gasteiger partial charge in [0.15, 0.2) is 0 Å². The van der Waals surface area contributed by atoms with Crippen LogP contribution < -0.4 is 15.4 Å². The molecule has 24 heavy (non-hydrogen) atoms. The van der Waals surface area contributed by atoms with Gasteiger partial charge in [-0.15, -0.1) is 0 Å². The van der Waals surface area contributed by atoms with E-state index in [0.717, 1.165) is 24.1 Å². The highest BCUT2D eigenvalue weighted by Crippen LogP contribution is 2.32. The van der Waals surface area contributed by atoms with Gasteiger partial charge in [0.2, 0.25) is 0 Å². The van der Waals surface area contributed by atoms with Crippen molar-refractivity contribution in [1.82, 2.24) is 15.6 Å². The lowest BCUT2D eigenvalue weighted by Gasteiger charge is -2.20. The predicted molar refractivity (Wildman–Crippen MR) is 88.2 cm³/mol. The summed E-state index contributed by atoms with van der Waals surface area (Å²) in [6, 6.07) is 9.30. The van der Waals surface area contributed by atoms with Gasteiger partial charge in [0.1, 0.15) is 11.6 Å². The Morgan fingerprint density at radius 2 is 2.25 bits per heavy atom. The molecule has 2 amide bonds. The Balaban J connectivity index is 1.68. The lowest BCUT2D eigenvalue weighted by atomic mass is 10.0. The second kappa shape index (κ2) is 7.29. The van der Waals surface area contributed by atoms with E-state index in [9.17, 15) is 9.18 Å². The summed E-state index contributed by atoms with van der Waals surface area (Å²) in [6.45, 7) is 2.39. The van der Waals surface area contributed by atoms with Crippen LogP contribution in [0.3, 0.4) is 0 Å². The van der Waals surface area contributed by atoms with E-state index in [1.165, 1.54) is 12.1 Å². The molecular weight excluding hydrogens is 309 g/mol. The van der Waals surface area contributed by atoms with Crippen molar-refractivity contribution in [2.45, 2.75) is 31.8 Å². The number of nitrogens with zero attached hydrogens (tertiary/aromatic N) is 1. The minimum absolute atomic E-state index is 0.207. The van der Waals surface area contributed by atoms with Crippen LogP contribution in [0.2, 0.25) is 0 Å². The van der Waals surface area contributed by atoms with Crippen molar-refractivity contribution in [2.24, 2.45) is 0 Å². The van der Waals surface area contributed by atoms with Crippen LogP contribution in [0.4, 0.5) is 9.18 Å². The van der Waals surface area contributed by atoms with Crippen LogP contribution in [0.25, 0.3) is 0 Å². The Labute approximate surface area is 140 Å². The Morgan fingerprint density at radius 3 is 3.04 bits per heavy atom. The molecule has 6 heteroatoms. The third kappa shape index (κ3) is 3.82. The minimum Gasteiger partial charge on any atom is -0.493 e. The van der Waals surface area contributed by atoms with Crippen LogP contribution in [0.15, 0.2) is 42.6 Å². The fourth-order valence-corrected chi connectivity index (χ4v) is 2.80. The second-order valence-electron chi connectivity index (χ2n) is 5.82. The Hall–Kier alpha value is -2.63. The normalized spacial score (nSPS) is 17.8. The van der Waals surface area contributed by atoms with E-state index in [-0.39, 0.29) is 23.9 Å². The van der Waals surface area contributed by atoms with Crippen molar-refractivity contribution >= 4 is 6.03 Å². The van der Waals surface area contributed by atoms with Gasteiger partial charge in [0.25, 0.3) is 0 Å². The molecule has 3 rings (SSSR count). The van der Waals surface area contributed by atoms with Crippen LogP contribution >= 0.6 is 0 Å². The molecule has 2 N–H and O–H groups in total. The number of fused-ring (bicyclic) bond motifs is 1. The predicted octanol–water partition coefficient (Wildman–Crippen LogP) is 3.49.